The van der Waals surface area contributed by atoms with Crippen molar-refractivity contribution in [2.45, 2.75) is 0 Å². The zero-order valence-electron chi connectivity index (χ0n) is 13.3. The normalized spacial score (nSPS) is 11.5. The van der Waals surface area contributed by atoms with Crippen molar-refractivity contribution >= 4 is 23.0 Å². The number of carbonyl (C=O) groups is 1. The van der Waals surface area contributed by atoms with Crippen LogP contribution in [0.3, 0.4) is 0 Å². The highest BCUT2D eigenvalue weighted by molar-refractivity contribution is 6.02. The van der Waals surface area contributed by atoms with Crippen LogP contribution >= 0.6 is 0 Å². The first-order valence-corrected chi connectivity index (χ1v) is 7.04. The molecule has 0 bridgehead atoms. The Kier molecular flexibility index (Phi) is 4.98. The summed E-state index contributed by atoms with van der Waals surface area (Å²) in [6.45, 7) is 0.711. The van der Waals surface area contributed by atoms with Crippen molar-refractivity contribution in [2.24, 2.45) is 14.1 Å². The lowest BCUT2D eigenvalue weighted by Crippen LogP contribution is -2.27. The zero-order chi connectivity index (χ0) is 17.0. The molecule has 1 N–H and O–H groups in total. The van der Waals surface area contributed by atoms with Gasteiger partial charge in [0.15, 0.2) is 0 Å². The fraction of sp³-hybridized carbons (Fsp3) is 0.312. The van der Waals surface area contributed by atoms with Crippen LogP contribution in [0.5, 0.6) is 0 Å². The van der Waals surface area contributed by atoms with Gasteiger partial charge in [0.2, 0.25) is 0 Å². The van der Waals surface area contributed by atoms with Crippen LogP contribution in [0.1, 0.15) is 5.56 Å². The monoisotopic (exact) mass is 314 g/mol. The Morgan fingerprint density at radius 2 is 2.04 bits per heavy atom. The molecule has 7 heteroatoms. The topological polar surface area (TPSA) is 89.1 Å². The molecule has 1 aromatic carbocycles. The van der Waals surface area contributed by atoms with Gasteiger partial charge in [-0.05, 0) is 23.8 Å². The van der Waals surface area contributed by atoms with Crippen LogP contribution in [0, 0.1) is 11.3 Å². The molecule has 7 nitrogen and oxygen atoms in total. The van der Waals surface area contributed by atoms with Gasteiger partial charge in [-0.2, -0.15) is 5.26 Å². The number of amides is 1. The van der Waals surface area contributed by atoms with Crippen molar-refractivity contribution in [3.8, 4) is 6.07 Å². The van der Waals surface area contributed by atoms with Crippen LogP contribution in [-0.4, -0.2) is 35.3 Å². The van der Waals surface area contributed by atoms with Crippen molar-refractivity contribution in [3.05, 3.63) is 39.8 Å². The molecule has 1 heterocycles. The van der Waals surface area contributed by atoms with Crippen molar-refractivity contribution < 1.29 is 9.53 Å². The zero-order valence-corrected chi connectivity index (χ0v) is 13.3. The number of carbonyl (C=O) groups excluding carboxylic acids is 1. The third-order valence-corrected chi connectivity index (χ3v) is 3.56. The number of fused-ring (bicyclic) bond motifs is 1. The van der Waals surface area contributed by atoms with Crippen LogP contribution in [0.25, 0.3) is 17.1 Å². The molecule has 0 saturated heterocycles. The number of aromatic nitrogens is 2. The lowest BCUT2D eigenvalue weighted by molar-refractivity contribution is -0.117. The van der Waals surface area contributed by atoms with Crippen molar-refractivity contribution in [2.75, 3.05) is 20.3 Å². The third-order valence-electron chi connectivity index (χ3n) is 3.56. The number of nitrogens with zero attached hydrogens (tertiary/aromatic N) is 3. The highest BCUT2D eigenvalue weighted by Crippen LogP contribution is 2.16. The van der Waals surface area contributed by atoms with Gasteiger partial charge in [-0.15, -0.1) is 0 Å². The fourth-order valence-corrected chi connectivity index (χ4v) is 2.29. The summed E-state index contributed by atoms with van der Waals surface area (Å²) in [5.74, 6) is -0.452. The second-order valence-corrected chi connectivity index (χ2v) is 5.07. The number of benzene rings is 1. The lowest BCUT2D eigenvalue weighted by Gasteiger charge is -2.03. The van der Waals surface area contributed by atoms with Crippen molar-refractivity contribution in [1.82, 2.24) is 14.5 Å². The van der Waals surface area contributed by atoms with E-state index in [2.05, 4.69) is 5.32 Å². The van der Waals surface area contributed by atoms with Crippen LogP contribution in [0.4, 0.5) is 0 Å². The second kappa shape index (κ2) is 6.94. The SMILES string of the molecule is COCCNC(=O)/C(C#N)=C/c1ccc2c(c1)n(C)c(=O)n2C. The molecule has 120 valence electrons. The molecule has 0 spiro atoms. The predicted octanol–water partition coefficient (Wildman–Crippen LogP) is 0.547. The molecule has 0 fully saturated rings. The molecule has 0 aliphatic heterocycles. The van der Waals surface area contributed by atoms with E-state index in [-0.39, 0.29) is 11.3 Å². The van der Waals surface area contributed by atoms with Gasteiger partial charge in [-0.1, -0.05) is 6.07 Å². The molecule has 0 atom stereocenters. The number of aryl methyl sites for hydroxylation is 2. The smallest absolute Gasteiger partial charge is 0.328 e. The summed E-state index contributed by atoms with van der Waals surface area (Å²) in [6, 6.07) is 7.22. The molecule has 1 aromatic heterocycles. The van der Waals surface area contributed by atoms with Gasteiger partial charge >= 0.3 is 5.69 Å². The quantitative estimate of drug-likeness (QED) is 0.496. The molecular weight excluding hydrogens is 296 g/mol. The van der Waals surface area contributed by atoms with Gasteiger partial charge in [0.25, 0.3) is 5.91 Å². The molecule has 1 amide bonds. The third kappa shape index (κ3) is 3.33. The molecule has 2 aromatic rings. The molecule has 23 heavy (non-hydrogen) atoms. The number of hydrogen-bond acceptors (Lipinski definition) is 4. The van der Waals surface area contributed by atoms with Crippen LogP contribution < -0.4 is 11.0 Å². The first-order chi connectivity index (χ1) is 11.0. The van der Waals surface area contributed by atoms with E-state index in [0.29, 0.717) is 18.7 Å². The lowest BCUT2D eigenvalue weighted by atomic mass is 10.1. The van der Waals surface area contributed by atoms with E-state index in [1.165, 1.54) is 17.8 Å². The van der Waals surface area contributed by atoms with Crippen LogP contribution in [-0.2, 0) is 23.6 Å². The molecule has 2 rings (SSSR count). The Morgan fingerprint density at radius 1 is 1.35 bits per heavy atom. The van der Waals surface area contributed by atoms with E-state index < -0.39 is 5.91 Å². The first kappa shape index (κ1) is 16.5. The van der Waals surface area contributed by atoms with Gasteiger partial charge in [-0.3, -0.25) is 13.9 Å². The summed E-state index contributed by atoms with van der Waals surface area (Å²) in [6.07, 6.45) is 1.50. The number of nitriles is 1. The molecular formula is C16H18N4O3. The Bertz CT molecular complexity index is 868. The number of imidazole rings is 1. The van der Waals surface area contributed by atoms with Crippen molar-refractivity contribution in [1.29, 1.82) is 5.26 Å². The molecule has 0 unspecified atom stereocenters. The number of rotatable bonds is 5. The minimum atomic E-state index is -0.452. The Hall–Kier alpha value is -2.85. The highest BCUT2D eigenvalue weighted by Gasteiger charge is 2.10. The number of hydrogen-bond donors (Lipinski definition) is 1. The number of methoxy groups -OCH3 is 1. The molecule has 0 aliphatic rings. The predicted molar refractivity (Wildman–Crippen MR) is 86.6 cm³/mol. The second-order valence-electron chi connectivity index (χ2n) is 5.07. The maximum atomic E-state index is 11.9. The van der Waals surface area contributed by atoms with Gasteiger partial charge < -0.3 is 10.1 Å². The highest BCUT2D eigenvalue weighted by atomic mass is 16.5. The summed E-state index contributed by atoms with van der Waals surface area (Å²) >= 11 is 0. The molecule has 0 radical (unpaired) electrons. The average Bonchev–Trinajstić information content (AvgIpc) is 2.77. The number of nitrogens with one attached hydrogen (secondary N) is 1. The minimum Gasteiger partial charge on any atom is -0.383 e. The maximum absolute atomic E-state index is 11.9. The standard InChI is InChI=1S/C16H18N4O3/c1-19-13-5-4-11(9-14(13)20(2)16(19)22)8-12(10-17)15(21)18-6-7-23-3/h4-5,8-9H,6-7H2,1-3H3,(H,18,21)/b12-8+. The Morgan fingerprint density at radius 3 is 2.70 bits per heavy atom. The van der Waals surface area contributed by atoms with E-state index >= 15 is 0 Å². The fourth-order valence-electron chi connectivity index (χ4n) is 2.29. The van der Waals surface area contributed by atoms with Crippen LogP contribution in [0.15, 0.2) is 28.6 Å². The summed E-state index contributed by atoms with van der Waals surface area (Å²) in [7, 11) is 4.91. The van der Waals surface area contributed by atoms with E-state index in [0.717, 1.165) is 11.0 Å². The summed E-state index contributed by atoms with van der Waals surface area (Å²) in [5.41, 5.74) is 2.08. The van der Waals surface area contributed by atoms with Gasteiger partial charge in [0.05, 0.1) is 17.6 Å². The number of ether oxygens (including phenoxy) is 1. The van der Waals surface area contributed by atoms with E-state index in [1.54, 1.807) is 36.9 Å². The van der Waals surface area contributed by atoms with E-state index in [1.807, 2.05) is 6.07 Å². The molecule has 0 aliphatic carbocycles. The Balaban J connectivity index is 2.35. The van der Waals surface area contributed by atoms with Gasteiger partial charge in [-0.25, -0.2) is 4.79 Å². The first-order valence-electron chi connectivity index (χ1n) is 7.04. The minimum absolute atomic E-state index is 0.00128. The summed E-state index contributed by atoms with van der Waals surface area (Å²) in [5, 5.41) is 11.8. The largest absolute Gasteiger partial charge is 0.383 e. The van der Waals surface area contributed by atoms with Crippen molar-refractivity contribution in [3.63, 3.8) is 0 Å². The average molecular weight is 314 g/mol. The van der Waals surface area contributed by atoms with Gasteiger partial charge in [0.1, 0.15) is 11.6 Å². The van der Waals surface area contributed by atoms with Crippen LogP contribution in [0.2, 0.25) is 0 Å². The summed E-state index contributed by atoms with van der Waals surface area (Å²) < 4.78 is 7.92. The van der Waals surface area contributed by atoms with Gasteiger partial charge in [0, 0.05) is 27.7 Å². The maximum Gasteiger partial charge on any atom is 0.328 e. The summed E-state index contributed by atoms with van der Waals surface area (Å²) in [4.78, 5) is 23.8. The van der Waals surface area contributed by atoms with E-state index in [9.17, 15) is 9.59 Å². The van der Waals surface area contributed by atoms with E-state index in [4.69, 9.17) is 10.00 Å². The molecule has 0 saturated carbocycles. The Labute approximate surface area is 133 Å².